The van der Waals surface area contributed by atoms with Crippen molar-refractivity contribution in [3.8, 4) is 0 Å². The maximum Gasteiger partial charge on any atom is 0.221 e. The Labute approximate surface area is 91.0 Å². The van der Waals surface area contributed by atoms with Gasteiger partial charge in [0.25, 0.3) is 0 Å². The van der Waals surface area contributed by atoms with E-state index in [0.29, 0.717) is 5.71 Å². The first-order chi connectivity index (χ1) is 7.09. The summed E-state index contributed by atoms with van der Waals surface area (Å²) in [5, 5.41) is 10.0. The van der Waals surface area contributed by atoms with Gasteiger partial charge < -0.3 is 10.7 Å². The minimum atomic E-state index is -0.0840. The summed E-state index contributed by atoms with van der Waals surface area (Å²) in [7, 11) is 0. The van der Waals surface area contributed by atoms with Gasteiger partial charge in [0.2, 0.25) is 5.91 Å². The normalized spacial score (nSPS) is 8.53. The van der Waals surface area contributed by atoms with Gasteiger partial charge in [-0.1, -0.05) is 26.0 Å². The van der Waals surface area contributed by atoms with E-state index in [1.54, 1.807) is 19.1 Å². The van der Waals surface area contributed by atoms with Gasteiger partial charge in [-0.15, -0.1) is 0 Å². The van der Waals surface area contributed by atoms with Gasteiger partial charge in [-0.3, -0.25) is 4.79 Å². The number of benzene rings is 1. The molecule has 0 aliphatic carbocycles. The fourth-order valence-electron chi connectivity index (χ4n) is 1.01. The summed E-state index contributed by atoms with van der Waals surface area (Å²) in [6, 6.07) is 7.20. The zero-order valence-corrected chi connectivity index (χ0v) is 9.72. The van der Waals surface area contributed by atoms with Gasteiger partial charge in [0, 0.05) is 18.3 Å². The third kappa shape index (κ3) is 4.96. The Kier molecular flexibility index (Phi) is 6.02. The van der Waals surface area contributed by atoms with Crippen molar-refractivity contribution in [2.24, 2.45) is 0 Å². The second-order valence-corrected chi connectivity index (χ2v) is 2.88. The third-order valence-corrected chi connectivity index (χ3v) is 1.64. The van der Waals surface area contributed by atoms with Crippen LogP contribution in [0.3, 0.4) is 0 Å². The Morgan fingerprint density at radius 1 is 1.13 bits per heavy atom. The Bertz CT molecular complexity index is 328. The molecule has 0 atom stereocenters. The molecule has 0 radical (unpaired) electrons. The van der Waals surface area contributed by atoms with Gasteiger partial charge in [0.15, 0.2) is 0 Å². The van der Waals surface area contributed by atoms with Crippen LogP contribution in [0.25, 0.3) is 0 Å². The number of rotatable bonds is 2. The summed E-state index contributed by atoms with van der Waals surface area (Å²) in [5.41, 5.74) is 2.15. The van der Waals surface area contributed by atoms with Crippen molar-refractivity contribution in [3.05, 3.63) is 29.8 Å². The monoisotopic (exact) mass is 206 g/mol. The van der Waals surface area contributed by atoms with Crippen LogP contribution in [0.4, 0.5) is 5.69 Å². The standard InChI is InChI=1S/C10H12N2O.C2H6/c1-7(11)9-3-5-10(6-4-9)12-8(2)13;1-2/h3-6,11H,1-2H3,(H,12,13);1-2H3. The Balaban J connectivity index is 0.000000921. The number of amides is 1. The molecule has 0 fully saturated rings. The van der Waals surface area contributed by atoms with Gasteiger partial charge in [-0.25, -0.2) is 0 Å². The molecule has 0 heterocycles. The Hall–Kier alpha value is -1.64. The molecule has 0 saturated heterocycles. The molecule has 0 aliphatic heterocycles. The van der Waals surface area contributed by atoms with Gasteiger partial charge in [0.05, 0.1) is 0 Å². The highest BCUT2D eigenvalue weighted by molar-refractivity contribution is 5.97. The number of carbonyl (C=O) groups excluding carboxylic acids is 1. The predicted molar refractivity (Wildman–Crippen MR) is 64.6 cm³/mol. The van der Waals surface area contributed by atoms with Crippen molar-refractivity contribution in [2.45, 2.75) is 27.7 Å². The summed E-state index contributed by atoms with van der Waals surface area (Å²) in [4.78, 5) is 10.7. The minimum Gasteiger partial charge on any atom is -0.326 e. The molecule has 1 rings (SSSR count). The molecule has 15 heavy (non-hydrogen) atoms. The van der Waals surface area contributed by atoms with E-state index in [4.69, 9.17) is 5.41 Å². The molecule has 2 N–H and O–H groups in total. The third-order valence-electron chi connectivity index (χ3n) is 1.64. The summed E-state index contributed by atoms with van der Waals surface area (Å²) in [6.07, 6.45) is 0. The minimum absolute atomic E-state index is 0.0840. The highest BCUT2D eigenvalue weighted by Gasteiger charge is 1.96. The number of carbonyl (C=O) groups is 1. The number of nitrogens with one attached hydrogen (secondary N) is 2. The van der Waals surface area contributed by atoms with Crippen LogP contribution in [-0.2, 0) is 4.79 Å². The predicted octanol–water partition coefficient (Wildman–Crippen LogP) is 3.06. The van der Waals surface area contributed by atoms with Crippen LogP contribution in [0.1, 0.15) is 33.3 Å². The van der Waals surface area contributed by atoms with Crippen molar-refractivity contribution in [3.63, 3.8) is 0 Å². The Morgan fingerprint density at radius 3 is 1.93 bits per heavy atom. The zero-order valence-electron chi connectivity index (χ0n) is 9.72. The van der Waals surface area contributed by atoms with E-state index < -0.39 is 0 Å². The van der Waals surface area contributed by atoms with E-state index in [-0.39, 0.29) is 5.91 Å². The van der Waals surface area contributed by atoms with Gasteiger partial charge in [-0.2, -0.15) is 0 Å². The van der Waals surface area contributed by atoms with E-state index in [1.165, 1.54) is 6.92 Å². The van der Waals surface area contributed by atoms with Crippen molar-refractivity contribution in [1.29, 1.82) is 5.41 Å². The molecule has 1 aromatic rings. The molecule has 82 valence electrons. The van der Waals surface area contributed by atoms with Crippen LogP contribution in [0, 0.1) is 5.41 Å². The first-order valence-electron chi connectivity index (χ1n) is 5.03. The maximum absolute atomic E-state index is 10.7. The zero-order chi connectivity index (χ0) is 11.8. The summed E-state index contributed by atoms with van der Waals surface area (Å²) in [6.45, 7) is 7.20. The van der Waals surface area contributed by atoms with E-state index in [1.807, 2.05) is 26.0 Å². The first kappa shape index (κ1) is 13.4. The lowest BCUT2D eigenvalue weighted by molar-refractivity contribution is -0.114. The number of hydrogen-bond acceptors (Lipinski definition) is 2. The van der Waals surface area contributed by atoms with Crippen LogP contribution < -0.4 is 5.32 Å². The summed E-state index contributed by atoms with van der Waals surface area (Å²) >= 11 is 0. The van der Waals surface area contributed by atoms with Crippen LogP contribution in [0.15, 0.2) is 24.3 Å². The van der Waals surface area contributed by atoms with Crippen molar-refractivity contribution < 1.29 is 4.79 Å². The van der Waals surface area contributed by atoms with Crippen molar-refractivity contribution >= 4 is 17.3 Å². The molecule has 0 aromatic heterocycles. The van der Waals surface area contributed by atoms with Crippen molar-refractivity contribution in [2.75, 3.05) is 5.32 Å². The maximum atomic E-state index is 10.7. The average molecular weight is 206 g/mol. The van der Waals surface area contributed by atoms with E-state index in [0.717, 1.165) is 11.3 Å². The lowest BCUT2D eigenvalue weighted by Crippen LogP contribution is -2.05. The van der Waals surface area contributed by atoms with E-state index in [9.17, 15) is 4.79 Å². The fourth-order valence-corrected chi connectivity index (χ4v) is 1.01. The molecule has 0 bridgehead atoms. The van der Waals surface area contributed by atoms with Gasteiger partial charge in [-0.05, 0) is 24.6 Å². The van der Waals surface area contributed by atoms with E-state index >= 15 is 0 Å². The second kappa shape index (κ2) is 6.76. The van der Waals surface area contributed by atoms with Gasteiger partial charge >= 0.3 is 0 Å². The lowest BCUT2D eigenvalue weighted by Gasteiger charge is -2.02. The second-order valence-electron chi connectivity index (χ2n) is 2.88. The highest BCUT2D eigenvalue weighted by atomic mass is 16.1. The molecule has 0 unspecified atom stereocenters. The smallest absolute Gasteiger partial charge is 0.221 e. The van der Waals surface area contributed by atoms with Crippen LogP contribution >= 0.6 is 0 Å². The van der Waals surface area contributed by atoms with E-state index in [2.05, 4.69) is 5.32 Å². The number of hydrogen-bond donors (Lipinski definition) is 2. The molecule has 0 spiro atoms. The topological polar surface area (TPSA) is 53.0 Å². The quantitative estimate of drug-likeness (QED) is 0.718. The first-order valence-corrected chi connectivity index (χ1v) is 5.03. The molecule has 3 nitrogen and oxygen atoms in total. The SMILES string of the molecule is CC.CC(=N)c1ccc(NC(C)=O)cc1. The highest BCUT2D eigenvalue weighted by Crippen LogP contribution is 2.09. The fraction of sp³-hybridized carbons (Fsp3) is 0.333. The molecular weight excluding hydrogens is 188 g/mol. The molecule has 0 saturated carbocycles. The van der Waals surface area contributed by atoms with Gasteiger partial charge in [0.1, 0.15) is 0 Å². The average Bonchev–Trinajstić information content (AvgIpc) is 2.20. The van der Waals surface area contributed by atoms with Crippen molar-refractivity contribution in [1.82, 2.24) is 0 Å². The molecule has 0 aliphatic rings. The summed E-state index contributed by atoms with van der Waals surface area (Å²) in [5.74, 6) is -0.0840. The largest absolute Gasteiger partial charge is 0.326 e. The lowest BCUT2D eigenvalue weighted by atomic mass is 10.1. The van der Waals surface area contributed by atoms with Crippen LogP contribution in [0.2, 0.25) is 0 Å². The number of anilines is 1. The molecule has 1 aromatic carbocycles. The Morgan fingerprint density at radius 2 is 1.60 bits per heavy atom. The molecule has 3 heteroatoms. The van der Waals surface area contributed by atoms with Crippen LogP contribution in [-0.4, -0.2) is 11.6 Å². The summed E-state index contributed by atoms with van der Waals surface area (Å²) < 4.78 is 0. The van der Waals surface area contributed by atoms with Crippen LogP contribution in [0.5, 0.6) is 0 Å². The molecule has 1 amide bonds. The molecular formula is C12H18N2O.